The molecule has 0 aliphatic carbocycles. The minimum atomic E-state index is -0.396. The second kappa shape index (κ2) is 5.41. The van der Waals surface area contributed by atoms with Crippen LogP contribution in [0.15, 0.2) is 42.5 Å². The number of aliphatic hydroxyl groups excluding tert-OH is 1. The van der Waals surface area contributed by atoms with Crippen molar-refractivity contribution in [2.45, 2.75) is 6.61 Å². The van der Waals surface area contributed by atoms with Gasteiger partial charge in [0.25, 0.3) is 5.91 Å². The van der Waals surface area contributed by atoms with Crippen LogP contribution in [0.1, 0.15) is 15.9 Å². The van der Waals surface area contributed by atoms with E-state index in [-0.39, 0.29) is 23.7 Å². The summed E-state index contributed by atoms with van der Waals surface area (Å²) in [5.74, 6) is -1.01. The number of phenols is 2. The van der Waals surface area contributed by atoms with E-state index in [1.807, 2.05) is 0 Å². The highest BCUT2D eigenvalue weighted by Crippen LogP contribution is 2.25. The molecule has 19 heavy (non-hydrogen) atoms. The zero-order valence-electron chi connectivity index (χ0n) is 10.00. The number of carbonyl (C=O) groups is 1. The van der Waals surface area contributed by atoms with Crippen LogP contribution < -0.4 is 5.32 Å². The van der Waals surface area contributed by atoms with E-state index in [9.17, 15) is 9.90 Å². The van der Waals surface area contributed by atoms with Gasteiger partial charge in [0.2, 0.25) is 0 Å². The normalized spacial score (nSPS) is 10.2. The maximum absolute atomic E-state index is 11.9. The maximum atomic E-state index is 11.9. The first-order chi connectivity index (χ1) is 9.10. The molecule has 0 aliphatic rings. The number of amides is 1. The Morgan fingerprint density at radius 1 is 1.00 bits per heavy atom. The quantitative estimate of drug-likeness (QED) is 0.633. The number of hydrogen-bond donors (Lipinski definition) is 4. The molecule has 1 amide bonds. The molecule has 2 aromatic carbocycles. The van der Waals surface area contributed by atoms with Gasteiger partial charge in [-0.2, -0.15) is 0 Å². The van der Waals surface area contributed by atoms with Crippen molar-refractivity contribution in [3.63, 3.8) is 0 Å². The van der Waals surface area contributed by atoms with E-state index < -0.39 is 5.91 Å². The van der Waals surface area contributed by atoms with E-state index in [0.29, 0.717) is 5.69 Å². The first-order valence-corrected chi connectivity index (χ1v) is 5.63. The highest BCUT2D eigenvalue weighted by atomic mass is 16.3. The molecule has 0 aliphatic heterocycles. The molecule has 5 heteroatoms. The van der Waals surface area contributed by atoms with Gasteiger partial charge in [0.1, 0.15) is 0 Å². The summed E-state index contributed by atoms with van der Waals surface area (Å²) in [6.07, 6.45) is 0. The molecule has 0 heterocycles. The standard InChI is InChI=1S/C14H13NO4/c16-8-9-1-4-11(5-2-9)15-14(19)10-3-6-12(17)13(18)7-10/h1-7,16-18H,8H2,(H,15,19). The van der Waals surface area contributed by atoms with Crippen LogP contribution in [0.25, 0.3) is 0 Å². The largest absolute Gasteiger partial charge is 0.504 e. The monoisotopic (exact) mass is 259 g/mol. The SMILES string of the molecule is O=C(Nc1ccc(CO)cc1)c1ccc(O)c(O)c1. The number of rotatable bonds is 3. The van der Waals surface area contributed by atoms with Crippen molar-refractivity contribution in [1.29, 1.82) is 0 Å². The Hall–Kier alpha value is -2.53. The molecular weight excluding hydrogens is 246 g/mol. The predicted molar refractivity (Wildman–Crippen MR) is 70.1 cm³/mol. The Morgan fingerprint density at radius 3 is 2.26 bits per heavy atom. The van der Waals surface area contributed by atoms with E-state index in [4.69, 9.17) is 10.2 Å². The van der Waals surface area contributed by atoms with Gasteiger partial charge in [0.15, 0.2) is 11.5 Å². The summed E-state index contributed by atoms with van der Waals surface area (Å²) < 4.78 is 0. The Morgan fingerprint density at radius 2 is 1.68 bits per heavy atom. The summed E-state index contributed by atoms with van der Waals surface area (Å²) in [6.45, 7) is -0.0555. The fourth-order valence-electron chi connectivity index (χ4n) is 1.56. The number of benzene rings is 2. The second-order valence-corrected chi connectivity index (χ2v) is 4.01. The molecule has 0 bridgehead atoms. The number of aromatic hydroxyl groups is 2. The summed E-state index contributed by atoms with van der Waals surface area (Å²) in [5.41, 5.74) is 1.57. The number of hydrogen-bond acceptors (Lipinski definition) is 4. The summed E-state index contributed by atoms with van der Waals surface area (Å²) >= 11 is 0. The molecule has 0 atom stereocenters. The Labute approximate surface area is 109 Å². The summed E-state index contributed by atoms with van der Waals surface area (Å²) in [7, 11) is 0. The van der Waals surface area contributed by atoms with Gasteiger partial charge in [-0.1, -0.05) is 12.1 Å². The molecular formula is C14H13NO4. The van der Waals surface area contributed by atoms with Crippen LogP contribution in [0.3, 0.4) is 0 Å². The molecule has 0 spiro atoms. The van der Waals surface area contributed by atoms with Crippen LogP contribution in [-0.4, -0.2) is 21.2 Å². The minimum absolute atomic E-state index is 0.0555. The molecule has 5 nitrogen and oxygen atoms in total. The first kappa shape index (κ1) is 12.9. The van der Waals surface area contributed by atoms with Crippen molar-refractivity contribution in [2.75, 3.05) is 5.32 Å². The van der Waals surface area contributed by atoms with Crippen molar-refractivity contribution in [1.82, 2.24) is 0 Å². The molecule has 0 saturated heterocycles. The van der Waals surface area contributed by atoms with Gasteiger partial charge in [-0.15, -0.1) is 0 Å². The lowest BCUT2D eigenvalue weighted by Crippen LogP contribution is -2.11. The number of phenolic OH excluding ortho intramolecular Hbond substituents is 2. The molecule has 2 aromatic rings. The van der Waals surface area contributed by atoms with E-state index in [1.54, 1.807) is 24.3 Å². The summed E-state index contributed by atoms with van der Waals surface area (Å²) in [4.78, 5) is 11.9. The van der Waals surface area contributed by atoms with Gasteiger partial charge < -0.3 is 20.6 Å². The van der Waals surface area contributed by atoms with Crippen LogP contribution in [-0.2, 0) is 6.61 Å². The first-order valence-electron chi connectivity index (χ1n) is 5.63. The van der Waals surface area contributed by atoms with E-state index >= 15 is 0 Å². The van der Waals surface area contributed by atoms with Crippen molar-refractivity contribution in [3.05, 3.63) is 53.6 Å². The van der Waals surface area contributed by atoms with Crippen LogP contribution >= 0.6 is 0 Å². The fourth-order valence-corrected chi connectivity index (χ4v) is 1.56. The van der Waals surface area contributed by atoms with E-state index in [2.05, 4.69) is 5.32 Å². The lowest BCUT2D eigenvalue weighted by Gasteiger charge is -2.06. The third-order valence-corrected chi connectivity index (χ3v) is 2.63. The van der Waals surface area contributed by atoms with Crippen molar-refractivity contribution in [2.24, 2.45) is 0 Å². The lowest BCUT2D eigenvalue weighted by molar-refractivity contribution is 0.102. The number of nitrogens with one attached hydrogen (secondary N) is 1. The second-order valence-electron chi connectivity index (χ2n) is 4.01. The molecule has 4 N–H and O–H groups in total. The zero-order valence-corrected chi connectivity index (χ0v) is 10.00. The highest BCUT2D eigenvalue weighted by Gasteiger charge is 2.09. The number of carbonyl (C=O) groups excluding carboxylic acids is 1. The van der Waals surface area contributed by atoms with Crippen molar-refractivity contribution in [3.8, 4) is 11.5 Å². The average molecular weight is 259 g/mol. The van der Waals surface area contributed by atoms with E-state index in [0.717, 1.165) is 5.56 Å². The van der Waals surface area contributed by atoms with Gasteiger partial charge in [0, 0.05) is 11.3 Å². The predicted octanol–water partition coefficient (Wildman–Crippen LogP) is 1.84. The minimum Gasteiger partial charge on any atom is -0.504 e. The van der Waals surface area contributed by atoms with Crippen molar-refractivity contribution >= 4 is 11.6 Å². The smallest absolute Gasteiger partial charge is 0.255 e. The van der Waals surface area contributed by atoms with Crippen LogP contribution in [0.2, 0.25) is 0 Å². The molecule has 0 fully saturated rings. The van der Waals surface area contributed by atoms with Crippen molar-refractivity contribution < 1.29 is 20.1 Å². The van der Waals surface area contributed by atoms with Gasteiger partial charge in [0.05, 0.1) is 6.61 Å². The number of aliphatic hydroxyl groups is 1. The van der Waals surface area contributed by atoms with Gasteiger partial charge in [-0.25, -0.2) is 0 Å². The van der Waals surface area contributed by atoms with E-state index in [1.165, 1.54) is 18.2 Å². The van der Waals surface area contributed by atoms with Gasteiger partial charge in [-0.3, -0.25) is 4.79 Å². The average Bonchev–Trinajstić information content (AvgIpc) is 2.42. The highest BCUT2D eigenvalue weighted by molar-refractivity contribution is 6.04. The molecule has 0 saturated carbocycles. The van der Waals surface area contributed by atoms with Crippen LogP contribution in [0.4, 0.5) is 5.69 Å². The maximum Gasteiger partial charge on any atom is 0.255 e. The van der Waals surface area contributed by atoms with Gasteiger partial charge in [-0.05, 0) is 35.9 Å². The molecule has 98 valence electrons. The van der Waals surface area contributed by atoms with Crippen LogP contribution in [0.5, 0.6) is 11.5 Å². The molecule has 2 rings (SSSR count). The Kier molecular flexibility index (Phi) is 3.68. The molecule has 0 radical (unpaired) electrons. The Bertz CT molecular complexity index is 593. The number of anilines is 1. The molecule has 0 aromatic heterocycles. The van der Waals surface area contributed by atoms with Gasteiger partial charge >= 0.3 is 0 Å². The Balaban J connectivity index is 2.13. The fraction of sp³-hybridized carbons (Fsp3) is 0.0714. The lowest BCUT2D eigenvalue weighted by atomic mass is 10.1. The van der Waals surface area contributed by atoms with Crippen LogP contribution in [0, 0.1) is 0 Å². The topological polar surface area (TPSA) is 89.8 Å². The zero-order chi connectivity index (χ0) is 13.8. The summed E-state index contributed by atoms with van der Waals surface area (Å²) in [6, 6.07) is 10.6. The summed E-state index contributed by atoms with van der Waals surface area (Å²) in [5, 5.41) is 30.0. The molecule has 0 unspecified atom stereocenters. The third kappa shape index (κ3) is 3.02. The third-order valence-electron chi connectivity index (χ3n) is 2.63.